The monoisotopic (exact) mass is 513 g/mol. The van der Waals surface area contributed by atoms with E-state index in [1.165, 1.54) is 7.11 Å². The van der Waals surface area contributed by atoms with E-state index < -0.39 is 12.3 Å². The molecule has 1 fully saturated rings. The standard InChI is InChI=1S/C19H20Cl4NO3PS/c1-19(2)9-26-28(29,27-10-19)18(24-12-4-5-14(21)15(22)8-12)13-6-11(20)7-16(23)17(13)25-3/h4-8,18,24H,9-10H2,1-3H3. The summed E-state index contributed by atoms with van der Waals surface area (Å²) in [5.74, 6) is -0.119. The van der Waals surface area contributed by atoms with Gasteiger partial charge in [-0.25, -0.2) is 0 Å². The number of nitrogens with one attached hydrogen (secondary N) is 1. The number of anilines is 1. The van der Waals surface area contributed by atoms with Gasteiger partial charge in [-0.05, 0) is 42.1 Å². The molecular weight excluding hydrogens is 495 g/mol. The van der Waals surface area contributed by atoms with Crippen LogP contribution in [0, 0.1) is 5.41 Å². The van der Waals surface area contributed by atoms with Gasteiger partial charge in [-0.3, -0.25) is 0 Å². The summed E-state index contributed by atoms with van der Waals surface area (Å²) in [5.41, 5.74) is 1.22. The molecule has 1 N–H and O–H groups in total. The normalized spacial score (nSPS) is 18.9. The minimum absolute atomic E-state index is 0.132. The molecule has 0 radical (unpaired) electrons. The third-order valence-corrected chi connectivity index (χ3v) is 8.87. The highest BCUT2D eigenvalue weighted by molar-refractivity contribution is 8.10. The van der Waals surface area contributed by atoms with E-state index >= 15 is 0 Å². The van der Waals surface area contributed by atoms with Crippen LogP contribution in [0.15, 0.2) is 30.3 Å². The quantitative estimate of drug-likeness (QED) is 0.412. The SMILES string of the molecule is COc1c(Cl)cc(Cl)cc1C(Nc1ccc(Cl)c(Cl)c1)P1(=S)OCC(C)(C)CO1. The highest BCUT2D eigenvalue weighted by atomic mass is 35.5. The molecule has 0 amide bonds. The molecule has 158 valence electrons. The van der Waals surface area contributed by atoms with Crippen molar-refractivity contribution in [3.63, 3.8) is 0 Å². The Kier molecular flexibility index (Phi) is 7.35. The molecule has 0 aliphatic carbocycles. The maximum absolute atomic E-state index is 6.38. The predicted molar refractivity (Wildman–Crippen MR) is 126 cm³/mol. The Balaban J connectivity index is 2.10. The largest absolute Gasteiger partial charge is 0.495 e. The molecule has 1 aliphatic heterocycles. The molecular formula is C19H20Cl4NO3PS. The van der Waals surface area contributed by atoms with Crippen LogP contribution in [0.3, 0.4) is 0 Å². The van der Waals surface area contributed by atoms with E-state index in [0.717, 1.165) is 0 Å². The number of rotatable bonds is 5. The molecule has 29 heavy (non-hydrogen) atoms. The van der Waals surface area contributed by atoms with Crippen LogP contribution in [0.4, 0.5) is 5.69 Å². The number of halogens is 4. The van der Waals surface area contributed by atoms with Crippen LogP contribution in [-0.2, 0) is 20.9 Å². The lowest BCUT2D eigenvalue weighted by atomic mass is 9.97. The molecule has 0 spiro atoms. The van der Waals surface area contributed by atoms with Crippen molar-refractivity contribution in [2.24, 2.45) is 5.41 Å². The second-order valence-corrected chi connectivity index (χ2v) is 12.7. The Bertz CT molecular complexity index is 959. The maximum atomic E-state index is 6.38. The van der Waals surface area contributed by atoms with Crippen molar-refractivity contribution in [2.45, 2.75) is 19.6 Å². The van der Waals surface area contributed by atoms with Gasteiger partial charge < -0.3 is 19.1 Å². The minimum atomic E-state index is -2.85. The van der Waals surface area contributed by atoms with Gasteiger partial charge >= 0.3 is 0 Å². The first kappa shape index (κ1) is 23.4. The summed E-state index contributed by atoms with van der Waals surface area (Å²) in [6.45, 7) is 2.22. The summed E-state index contributed by atoms with van der Waals surface area (Å²) >= 11 is 30.8. The highest BCUT2D eigenvalue weighted by Crippen LogP contribution is 2.65. The number of benzene rings is 2. The van der Waals surface area contributed by atoms with Gasteiger partial charge in [0.1, 0.15) is 11.5 Å². The van der Waals surface area contributed by atoms with Crippen molar-refractivity contribution in [2.75, 3.05) is 25.6 Å². The summed E-state index contributed by atoms with van der Waals surface area (Å²) in [4.78, 5) is 0. The van der Waals surface area contributed by atoms with Crippen molar-refractivity contribution in [3.8, 4) is 5.75 Å². The number of hydrogen-bond donors (Lipinski definition) is 1. The number of methoxy groups -OCH3 is 1. The van der Waals surface area contributed by atoms with Crippen LogP contribution in [-0.4, -0.2) is 20.3 Å². The Morgan fingerprint density at radius 3 is 2.28 bits per heavy atom. The fraction of sp³-hybridized carbons (Fsp3) is 0.368. The highest BCUT2D eigenvalue weighted by Gasteiger charge is 2.41. The van der Waals surface area contributed by atoms with Crippen molar-refractivity contribution >= 4 is 70.4 Å². The summed E-state index contributed by atoms with van der Waals surface area (Å²) in [6.07, 6.45) is 0. The smallest absolute Gasteiger partial charge is 0.215 e. The van der Waals surface area contributed by atoms with E-state index in [-0.39, 0.29) is 5.41 Å². The predicted octanol–water partition coefficient (Wildman–Crippen LogP) is 7.80. The molecule has 4 nitrogen and oxygen atoms in total. The van der Waals surface area contributed by atoms with Crippen LogP contribution in [0.25, 0.3) is 0 Å². The van der Waals surface area contributed by atoms with Crippen LogP contribution in [0.2, 0.25) is 20.1 Å². The van der Waals surface area contributed by atoms with Crippen LogP contribution >= 0.6 is 52.9 Å². The summed E-state index contributed by atoms with van der Waals surface area (Å²) in [6, 6.07) is 8.58. The zero-order chi connectivity index (χ0) is 21.4. The summed E-state index contributed by atoms with van der Waals surface area (Å²) in [5, 5.41) is 5.07. The lowest BCUT2D eigenvalue weighted by Crippen LogP contribution is -2.31. The second kappa shape index (κ2) is 9.10. The fourth-order valence-electron chi connectivity index (χ4n) is 2.83. The Labute approximate surface area is 195 Å². The lowest BCUT2D eigenvalue weighted by molar-refractivity contribution is 0.0578. The minimum Gasteiger partial charge on any atom is -0.495 e. The van der Waals surface area contributed by atoms with E-state index in [9.17, 15) is 0 Å². The molecule has 1 aliphatic rings. The van der Waals surface area contributed by atoms with Gasteiger partial charge in [0.15, 0.2) is 0 Å². The van der Waals surface area contributed by atoms with E-state index in [2.05, 4.69) is 19.2 Å². The zero-order valence-corrected chi connectivity index (χ0v) is 20.7. The van der Waals surface area contributed by atoms with Crippen molar-refractivity contribution in [1.82, 2.24) is 0 Å². The molecule has 1 saturated heterocycles. The van der Waals surface area contributed by atoms with Gasteiger partial charge in [-0.15, -0.1) is 0 Å². The second-order valence-electron chi connectivity index (χ2n) is 7.44. The molecule has 2 aromatic carbocycles. The maximum Gasteiger partial charge on any atom is 0.215 e. The van der Waals surface area contributed by atoms with Crippen molar-refractivity contribution < 1.29 is 13.8 Å². The molecule has 3 rings (SSSR count). The Hall–Kier alpha value is -0.230. The molecule has 0 bridgehead atoms. The van der Waals surface area contributed by atoms with Gasteiger partial charge in [-0.1, -0.05) is 60.3 Å². The van der Waals surface area contributed by atoms with Crippen molar-refractivity contribution in [3.05, 3.63) is 56.0 Å². The molecule has 0 aromatic heterocycles. The lowest BCUT2D eigenvalue weighted by Gasteiger charge is -2.41. The molecule has 1 atom stereocenters. The van der Waals surface area contributed by atoms with Crippen LogP contribution in [0.5, 0.6) is 5.75 Å². The van der Waals surface area contributed by atoms with Crippen LogP contribution in [0.1, 0.15) is 25.2 Å². The van der Waals surface area contributed by atoms with Gasteiger partial charge in [0.25, 0.3) is 0 Å². The average Bonchev–Trinajstić information content (AvgIpc) is 2.65. The Morgan fingerprint density at radius 1 is 1.03 bits per heavy atom. The summed E-state index contributed by atoms with van der Waals surface area (Å²) in [7, 11) is 1.54. The third kappa shape index (κ3) is 5.34. The van der Waals surface area contributed by atoms with E-state index in [1.807, 2.05) is 0 Å². The third-order valence-electron chi connectivity index (χ3n) is 4.35. The van der Waals surface area contributed by atoms with Gasteiger partial charge in [0.2, 0.25) is 6.49 Å². The molecule has 0 saturated carbocycles. The van der Waals surface area contributed by atoms with Gasteiger partial charge in [0, 0.05) is 21.7 Å². The van der Waals surface area contributed by atoms with E-state index in [0.29, 0.717) is 50.3 Å². The molecule has 1 unspecified atom stereocenters. The first-order valence-corrected chi connectivity index (χ1v) is 12.9. The van der Waals surface area contributed by atoms with Gasteiger partial charge in [-0.2, -0.15) is 0 Å². The average molecular weight is 515 g/mol. The summed E-state index contributed by atoms with van der Waals surface area (Å²) < 4.78 is 17.8. The first-order chi connectivity index (χ1) is 13.5. The van der Waals surface area contributed by atoms with Crippen LogP contribution < -0.4 is 10.1 Å². The molecule has 10 heteroatoms. The zero-order valence-electron chi connectivity index (χ0n) is 16.0. The molecule has 2 aromatic rings. The van der Waals surface area contributed by atoms with E-state index in [4.69, 9.17) is 72.0 Å². The Morgan fingerprint density at radius 2 is 1.69 bits per heavy atom. The molecule has 1 heterocycles. The van der Waals surface area contributed by atoms with Crippen molar-refractivity contribution in [1.29, 1.82) is 0 Å². The fourth-order valence-corrected chi connectivity index (χ4v) is 6.80. The number of ether oxygens (including phenoxy) is 1. The first-order valence-electron chi connectivity index (χ1n) is 8.68. The number of hydrogen-bond acceptors (Lipinski definition) is 5. The van der Waals surface area contributed by atoms with E-state index in [1.54, 1.807) is 30.3 Å². The topological polar surface area (TPSA) is 39.7 Å². The van der Waals surface area contributed by atoms with Gasteiger partial charge in [0.05, 0.1) is 35.4 Å².